The summed E-state index contributed by atoms with van der Waals surface area (Å²) in [5.41, 5.74) is 2.32. The summed E-state index contributed by atoms with van der Waals surface area (Å²) in [6, 6.07) is 15.3. The quantitative estimate of drug-likeness (QED) is 0.301. The number of nitro groups is 2. The maximum absolute atomic E-state index is 12.2. The van der Waals surface area contributed by atoms with Gasteiger partial charge >= 0.3 is 0 Å². The highest BCUT2D eigenvalue weighted by atomic mass is 35.5. The minimum Gasteiger partial charge on any atom is -0.322 e. The number of halogens is 1. The van der Waals surface area contributed by atoms with Gasteiger partial charge < -0.3 is 5.32 Å². The molecule has 0 bridgehead atoms. The summed E-state index contributed by atoms with van der Waals surface area (Å²) in [7, 11) is 0. The second-order valence-electron chi connectivity index (χ2n) is 6.49. The lowest BCUT2D eigenvalue weighted by molar-refractivity contribution is -0.394. The molecule has 0 unspecified atom stereocenters. The number of anilines is 1. The zero-order chi connectivity index (χ0) is 24.0. The van der Waals surface area contributed by atoms with Crippen molar-refractivity contribution >= 4 is 46.7 Å². The van der Waals surface area contributed by atoms with Crippen LogP contribution in [0.1, 0.15) is 26.3 Å². The number of amides is 2. The highest BCUT2D eigenvalue weighted by molar-refractivity contribution is 6.30. The van der Waals surface area contributed by atoms with Crippen LogP contribution in [-0.2, 0) is 0 Å². The molecule has 0 radical (unpaired) electrons. The third kappa shape index (κ3) is 5.95. The van der Waals surface area contributed by atoms with Gasteiger partial charge in [-0.1, -0.05) is 11.6 Å². The van der Waals surface area contributed by atoms with Crippen LogP contribution in [0.2, 0.25) is 5.02 Å². The number of carbonyl (C=O) groups excluding carboxylic acids is 2. The van der Waals surface area contributed by atoms with Gasteiger partial charge in [0.2, 0.25) is 0 Å². The maximum atomic E-state index is 12.2. The molecule has 2 N–H and O–H groups in total. The third-order valence-electron chi connectivity index (χ3n) is 4.30. The van der Waals surface area contributed by atoms with E-state index in [1.165, 1.54) is 24.3 Å². The summed E-state index contributed by atoms with van der Waals surface area (Å²) in [5, 5.41) is 28.8. The van der Waals surface area contributed by atoms with Crippen LogP contribution < -0.4 is 10.7 Å². The molecule has 0 heterocycles. The lowest BCUT2D eigenvalue weighted by Gasteiger charge is -2.06. The number of non-ortho nitro benzene ring substituents is 1. The second-order valence-corrected chi connectivity index (χ2v) is 6.93. The van der Waals surface area contributed by atoms with Gasteiger partial charge in [0.15, 0.2) is 0 Å². The molecule has 0 saturated heterocycles. The van der Waals surface area contributed by atoms with Gasteiger partial charge in [0.1, 0.15) is 0 Å². The molecular formula is C21H14ClN5O6. The summed E-state index contributed by atoms with van der Waals surface area (Å²) in [6.07, 6.45) is 1.01. The molecule has 0 aliphatic rings. The van der Waals surface area contributed by atoms with E-state index in [0.29, 0.717) is 16.3 Å². The van der Waals surface area contributed by atoms with Crippen LogP contribution >= 0.6 is 11.6 Å². The second kappa shape index (κ2) is 10.1. The molecule has 3 rings (SSSR count). The first-order chi connectivity index (χ1) is 15.7. The molecule has 166 valence electrons. The first kappa shape index (κ1) is 23.0. The van der Waals surface area contributed by atoms with E-state index in [4.69, 9.17) is 11.6 Å². The van der Waals surface area contributed by atoms with Crippen LogP contribution in [0, 0.1) is 20.2 Å². The van der Waals surface area contributed by atoms with Crippen molar-refractivity contribution in [3.63, 3.8) is 0 Å². The normalized spacial score (nSPS) is 10.6. The van der Waals surface area contributed by atoms with Gasteiger partial charge in [-0.3, -0.25) is 29.8 Å². The fraction of sp³-hybridized carbons (Fsp3) is 0. The Morgan fingerprint density at radius 2 is 1.45 bits per heavy atom. The summed E-state index contributed by atoms with van der Waals surface area (Å²) in [6.45, 7) is 0. The zero-order valence-electron chi connectivity index (χ0n) is 16.6. The maximum Gasteiger partial charge on any atom is 0.285 e. The Hall–Kier alpha value is -4.64. The number of hydrazone groups is 1. The van der Waals surface area contributed by atoms with Gasteiger partial charge in [-0.15, -0.1) is 0 Å². The van der Waals surface area contributed by atoms with Gasteiger partial charge in [-0.25, -0.2) is 5.43 Å². The lowest BCUT2D eigenvalue weighted by Crippen LogP contribution is -2.18. The Morgan fingerprint density at radius 3 is 2.06 bits per heavy atom. The van der Waals surface area contributed by atoms with E-state index in [1.807, 2.05) is 0 Å². The molecule has 2 amide bonds. The molecule has 0 fully saturated rings. The van der Waals surface area contributed by atoms with Crippen LogP contribution in [-0.4, -0.2) is 27.9 Å². The number of hydrogen-bond acceptors (Lipinski definition) is 7. The molecule has 0 aliphatic heterocycles. The van der Waals surface area contributed by atoms with Crippen molar-refractivity contribution < 1.29 is 19.4 Å². The fourth-order valence-electron chi connectivity index (χ4n) is 2.65. The summed E-state index contributed by atoms with van der Waals surface area (Å²) in [5.74, 6) is -0.954. The fourth-order valence-corrected chi connectivity index (χ4v) is 2.77. The predicted molar refractivity (Wildman–Crippen MR) is 121 cm³/mol. The highest BCUT2D eigenvalue weighted by Gasteiger charge is 2.18. The van der Waals surface area contributed by atoms with E-state index in [-0.39, 0.29) is 17.0 Å². The van der Waals surface area contributed by atoms with Crippen LogP contribution in [0.3, 0.4) is 0 Å². The molecule has 3 aromatic rings. The summed E-state index contributed by atoms with van der Waals surface area (Å²) >= 11 is 5.80. The molecule has 0 saturated carbocycles. The minimum absolute atomic E-state index is 0.0221. The Morgan fingerprint density at radius 1 is 0.848 bits per heavy atom. The summed E-state index contributed by atoms with van der Waals surface area (Å²) < 4.78 is 0. The SMILES string of the molecule is O=C(N/N=C\c1ccc([N+](=O)[O-])cc1[N+](=O)[O-])c1ccc(NC(=O)c2ccc(Cl)cc2)cc1. The van der Waals surface area contributed by atoms with E-state index < -0.39 is 27.1 Å². The molecule has 33 heavy (non-hydrogen) atoms. The van der Waals surface area contributed by atoms with Gasteiger partial charge in [0.25, 0.3) is 23.2 Å². The van der Waals surface area contributed by atoms with E-state index in [0.717, 1.165) is 24.4 Å². The van der Waals surface area contributed by atoms with E-state index in [2.05, 4.69) is 15.8 Å². The van der Waals surface area contributed by atoms with E-state index in [1.54, 1.807) is 24.3 Å². The van der Waals surface area contributed by atoms with Gasteiger partial charge in [-0.05, 0) is 54.6 Å². The molecule has 0 atom stereocenters. The van der Waals surface area contributed by atoms with Crippen molar-refractivity contribution in [3.05, 3.63) is 109 Å². The first-order valence-corrected chi connectivity index (χ1v) is 9.55. The lowest BCUT2D eigenvalue weighted by atomic mass is 10.1. The molecule has 0 spiro atoms. The number of carbonyl (C=O) groups is 2. The van der Waals surface area contributed by atoms with Gasteiger partial charge in [0, 0.05) is 27.9 Å². The standard InChI is InChI=1S/C21H14ClN5O6/c22-16-6-1-13(2-7-16)20(28)24-17-8-3-14(4-9-17)21(29)25-23-12-15-5-10-18(26(30)31)11-19(15)27(32)33/h1-12H,(H,24,28)(H,25,29)/b23-12-. The molecule has 11 nitrogen and oxygen atoms in total. The Labute approximate surface area is 191 Å². The molecule has 3 aromatic carbocycles. The zero-order valence-corrected chi connectivity index (χ0v) is 17.4. The van der Waals surface area contributed by atoms with Crippen LogP contribution in [0.25, 0.3) is 0 Å². The number of nitrogens with one attached hydrogen (secondary N) is 2. The van der Waals surface area contributed by atoms with Crippen molar-refractivity contribution in [2.45, 2.75) is 0 Å². The molecular weight excluding hydrogens is 454 g/mol. The Kier molecular flexibility index (Phi) is 7.06. The monoisotopic (exact) mass is 467 g/mol. The number of nitro benzene ring substituents is 2. The Bertz CT molecular complexity index is 1260. The van der Waals surface area contributed by atoms with Crippen molar-refractivity contribution in [2.75, 3.05) is 5.32 Å². The van der Waals surface area contributed by atoms with Crippen molar-refractivity contribution in [1.82, 2.24) is 5.43 Å². The topological polar surface area (TPSA) is 157 Å². The van der Waals surface area contributed by atoms with Crippen molar-refractivity contribution in [1.29, 1.82) is 0 Å². The smallest absolute Gasteiger partial charge is 0.285 e. The molecule has 0 aliphatic carbocycles. The van der Waals surface area contributed by atoms with E-state index in [9.17, 15) is 29.8 Å². The third-order valence-corrected chi connectivity index (χ3v) is 4.55. The van der Waals surface area contributed by atoms with E-state index >= 15 is 0 Å². The van der Waals surface area contributed by atoms with Crippen LogP contribution in [0.4, 0.5) is 17.1 Å². The van der Waals surface area contributed by atoms with Crippen molar-refractivity contribution in [2.24, 2.45) is 5.10 Å². The molecule has 0 aromatic heterocycles. The minimum atomic E-state index is -0.784. The predicted octanol–water partition coefficient (Wildman–Crippen LogP) is 4.17. The molecule has 12 heteroatoms. The summed E-state index contributed by atoms with van der Waals surface area (Å²) in [4.78, 5) is 44.8. The van der Waals surface area contributed by atoms with Gasteiger partial charge in [0.05, 0.1) is 27.7 Å². The van der Waals surface area contributed by atoms with Gasteiger partial charge in [-0.2, -0.15) is 5.10 Å². The number of nitrogens with zero attached hydrogens (tertiary/aromatic N) is 3. The number of hydrogen-bond donors (Lipinski definition) is 2. The largest absolute Gasteiger partial charge is 0.322 e. The Balaban J connectivity index is 1.63. The number of rotatable bonds is 7. The van der Waals surface area contributed by atoms with Crippen LogP contribution in [0.5, 0.6) is 0 Å². The highest BCUT2D eigenvalue weighted by Crippen LogP contribution is 2.23. The van der Waals surface area contributed by atoms with Crippen LogP contribution in [0.15, 0.2) is 71.8 Å². The average Bonchev–Trinajstić information content (AvgIpc) is 2.79. The van der Waals surface area contributed by atoms with Crippen molar-refractivity contribution in [3.8, 4) is 0 Å². The number of benzene rings is 3. The average molecular weight is 468 g/mol. The first-order valence-electron chi connectivity index (χ1n) is 9.18.